The van der Waals surface area contributed by atoms with Crippen LogP contribution in [0.3, 0.4) is 0 Å². The van der Waals surface area contributed by atoms with Gasteiger partial charge in [-0.2, -0.15) is 0 Å². The highest BCUT2D eigenvalue weighted by Gasteiger charge is 2.42. The molecule has 1 amide bonds. The number of amides is 1. The van der Waals surface area contributed by atoms with E-state index >= 15 is 0 Å². The molecule has 2 aliphatic rings. The van der Waals surface area contributed by atoms with E-state index in [0.717, 1.165) is 16.8 Å². The molecule has 1 aromatic carbocycles. The first-order valence-corrected chi connectivity index (χ1v) is 6.69. The van der Waals surface area contributed by atoms with Gasteiger partial charge in [0.25, 0.3) is 0 Å². The summed E-state index contributed by atoms with van der Waals surface area (Å²) in [4.78, 5) is 26.0. The molecule has 0 saturated heterocycles. The summed E-state index contributed by atoms with van der Waals surface area (Å²) in [6.45, 7) is 2.05. The molecular formula is C15H16N2O3. The monoisotopic (exact) mass is 272 g/mol. The van der Waals surface area contributed by atoms with Gasteiger partial charge >= 0.3 is 5.97 Å². The predicted molar refractivity (Wildman–Crippen MR) is 75.1 cm³/mol. The normalized spacial score (nSPS) is 23.5. The highest BCUT2D eigenvalue weighted by molar-refractivity contribution is 6.08. The zero-order valence-corrected chi connectivity index (χ0v) is 11.2. The van der Waals surface area contributed by atoms with Crippen LogP contribution in [-0.4, -0.2) is 30.6 Å². The fourth-order valence-electron chi connectivity index (χ4n) is 2.80. The van der Waals surface area contributed by atoms with E-state index in [-0.39, 0.29) is 11.9 Å². The number of benzene rings is 1. The number of hydrogen-bond acceptors (Lipinski definition) is 4. The smallest absolute Gasteiger partial charge is 0.329 e. The van der Waals surface area contributed by atoms with E-state index in [4.69, 9.17) is 10.5 Å². The maximum Gasteiger partial charge on any atom is 0.329 e. The van der Waals surface area contributed by atoms with Gasteiger partial charge in [0, 0.05) is 6.42 Å². The largest absolute Gasteiger partial charge is 0.464 e. The number of esters is 1. The summed E-state index contributed by atoms with van der Waals surface area (Å²) in [5, 5.41) is 0. The number of ether oxygens (including phenoxy) is 1. The van der Waals surface area contributed by atoms with Crippen molar-refractivity contribution in [2.75, 3.05) is 11.5 Å². The van der Waals surface area contributed by atoms with E-state index in [9.17, 15) is 9.59 Å². The lowest BCUT2D eigenvalue weighted by atomic mass is 10.1. The molecule has 0 unspecified atom stereocenters. The first-order chi connectivity index (χ1) is 9.63. The minimum Gasteiger partial charge on any atom is -0.464 e. The Hall–Kier alpha value is -2.14. The number of nitrogens with zero attached hydrogens (tertiary/aromatic N) is 1. The van der Waals surface area contributed by atoms with Crippen LogP contribution in [0.4, 0.5) is 5.69 Å². The SMILES string of the molecule is CCOC(=O)[C@@H]1Cc2cccc3c2N1C(=O)[C@@H](N)C=C3. The summed E-state index contributed by atoms with van der Waals surface area (Å²) in [6.07, 6.45) is 3.99. The molecule has 2 heterocycles. The van der Waals surface area contributed by atoms with Crippen LogP contribution in [-0.2, 0) is 20.7 Å². The van der Waals surface area contributed by atoms with Crippen molar-refractivity contribution in [1.82, 2.24) is 0 Å². The molecule has 0 spiro atoms. The van der Waals surface area contributed by atoms with E-state index in [1.165, 1.54) is 4.90 Å². The summed E-state index contributed by atoms with van der Waals surface area (Å²) < 4.78 is 5.08. The Morgan fingerprint density at radius 3 is 3.05 bits per heavy atom. The summed E-state index contributed by atoms with van der Waals surface area (Å²) in [5.41, 5.74) is 8.54. The summed E-state index contributed by atoms with van der Waals surface area (Å²) >= 11 is 0. The van der Waals surface area contributed by atoms with Gasteiger partial charge in [0.2, 0.25) is 5.91 Å². The third-order valence-corrected chi connectivity index (χ3v) is 3.68. The molecule has 0 saturated carbocycles. The number of anilines is 1. The third-order valence-electron chi connectivity index (χ3n) is 3.68. The molecule has 0 fully saturated rings. The number of carbonyl (C=O) groups is 2. The van der Waals surface area contributed by atoms with E-state index in [2.05, 4.69) is 0 Å². The number of carbonyl (C=O) groups excluding carboxylic acids is 2. The zero-order valence-electron chi connectivity index (χ0n) is 11.2. The molecule has 1 aromatic rings. The molecule has 0 bridgehead atoms. The fraction of sp³-hybridized carbons (Fsp3) is 0.333. The van der Waals surface area contributed by atoms with Gasteiger partial charge in [-0.1, -0.05) is 30.4 Å². The number of nitrogens with two attached hydrogens (primary N) is 1. The molecule has 104 valence electrons. The van der Waals surface area contributed by atoms with Crippen molar-refractivity contribution in [3.05, 3.63) is 35.4 Å². The third kappa shape index (κ3) is 1.82. The van der Waals surface area contributed by atoms with Crippen molar-refractivity contribution in [1.29, 1.82) is 0 Å². The summed E-state index contributed by atoms with van der Waals surface area (Å²) in [6, 6.07) is 4.44. The molecule has 0 aromatic heterocycles. The van der Waals surface area contributed by atoms with E-state index < -0.39 is 12.1 Å². The quantitative estimate of drug-likeness (QED) is 0.810. The minimum atomic E-state index is -0.731. The lowest BCUT2D eigenvalue weighted by Crippen LogP contribution is -2.49. The molecule has 20 heavy (non-hydrogen) atoms. The summed E-state index contributed by atoms with van der Waals surface area (Å²) in [7, 11) is 0. The van der Waals surface area contributed by atoms with E-state index in [1.807, 2.05) is 24.3 Å². The van der Waals surface area contributed by atoms with Crippen LogP contribution < -0.4 is 10.6 Å². The van der Waals surface area contributed by atoms with Gasteiger partial charge in [-0.25, -0.2) is 4.79 Å². The van der Waals surface area contributed by atoms with Crippen LogP contribution in [0.5, 0.6) is 0 Å². The molecule has 5 heteroatoms. The van der Waals surface area contributed by atoms with Gasteiger partial charge < -0.3 is 10.5 Å². The van der Waals surface area contributed by atoms with Crippen molar-refractivity contribution in [3.8, 4) is 0 Å². The Morgan fingerprint density at radius 1 is 1.50 bits per heavy atom. The van der Waals surface area contributed by atoms with Crippen molar-refractivity contribution < 1.29 is 14.3 Å². The van der Waals surface area contributed by atoms with E-state index in [0.29, 0.717) is 13.0 Å². The Kier molecular flexibility index (Phi) is 3.06. The maximum atomic E-state index is 12.4. The second kappa shape index (κ2) is 4.76. The van der Waals surface area contributed by atoms with Crippen molar-refractivity contribution in [3.63, 3.8) is 0 Å². The van der Waals surface area contributed by atoms with Crippen LogP contribution in [0.25, 0.3) is 6.08 Å². The lowest BCUT2D eigenvalue weighted by molar-refractivity contribution is -0.145. The maximum absolute atomic E-state index is 12.4. The number of hydrogen-bond donors (Lipinski definition) is 1. The standard InChI is InChI=1S/C15H16N2O3/c1-2-20-15(19)12-8-10-5-3-4-9-6-7-11(16)14(18)17(12)13(9)10/h3-7,11-12H,2,8,16H2,1H3/t11-,12-/m0/s1. The molecule has 2 N–H and O–H groups in total. The van der Waals surface area contributed by atoms with Crippen molar-refractivity contribution in [2.45, 2.75) is 25.4 Å². The van der Waals surface area contributed by atoms with Crippen LogP contribution in [0.1, 0.15) is 18.1 Å². The first-order valence-electron chi connectivity index (χ1n) is 6.69. The van der Waals surface area contributed by atoms with Crippen LogP contribution in [0.2, 0.25) is 0 Å². The van der Waals surface area contributed by atoms with Gasteiger partial charge in [-0.15, -0.1) is 0 Å². The molecule has 3 rings (SSSR count). The topological polar surface area (TPSA) is 72.6 Å². The first kappa shape index (κ1) is 12.9. The summed E-state index contributed by atoms with van der Waals surface area (Å²) in [5.74, 6) is -0.639. The number of rotatable bonds is 2. The van der Waals surface area contributed by atoms with Crippen LogP contribution in [0.15, 0.2) is 24.3 Å². The Bertz CT molecular complexity index is 609. The molecule has 2 atom stereocenters. The van der Waals surface area contributed by atoms with Gasteiger partial charge in [-0.3, -0.25) is 9.69 Å². The fourth-order valence-corrected chi connectivity index (χ4v) is 2.80. The van der Waals surface area contributed by atoms with Gasteiger partial charge in [0.15, 0.2) is 0 Å². The van der Waals surface area contributed by atoms with E-state index in [1.54, 1.807) is 13.0 Å². The highest BCUT2D eigenvalue weighted by Crippen LogP contribution is 2.38. The van der Waals surface area contributed by atoms with Crippen LogP contribution >= 0.6 is 0 Å². The number of para-hydroxylation sites is 1. The Morgan fingerprint density at radius 2 is 2.30 bits per heavy atom. The second-order valence-corrected chi connectivity index (χ2v) is 4.92. The molecular weight excluding hydrogens is 256 g/mol. The van der Waals surface area contributed by atoms with Crippen molar-refractivity contribution >= 4 is 23.6 Å². The lowest BCUT2D eigenvalue weighted by Gasteiger charge is -2.25. The van der Waals surface area contributed by atoms with Gasteiger partial charge in [0.1, 0.15) is 12.1 Å². The highest BCUT2D eigenvalue weighted by atomic mass is 16.5. The second-order valence-electron chi connectivity index (χ2n) is 4.92. The van der Waals surface area contributed by atoms with Gasteiger partial charge in [-0.05, 0) is 18.1 Å². The van der Waals surface area contributed by atoms with Gasteiger partial charge in [0.05, 0.1) is 12.3 Å². The average Bonchev–Trinajstić information content (AvgIpc) is 2.78. The van der Waals surface area contributed by atoms with Crippen LogP contribution in [0, 0.1) is 0 Å². The average molecular weight is 272 g/mol. The molecule has 0 aliphatic carbocycles. The zero-order chi connectivity index (χ0) is 14.3. The Labute approximate surface area is 117 Å². The molecule has 5 nitrogen and oxygen atoms in total. The Balaban J connectivity index is 2.09. The predicted octanol–water partition coefficient (Wildman–Crippen LogP) is 0.862. The molecule has 0 radical (unpaired) electrons. The van der Waals surface area contributed by atoms with Crippen molar-refractivity contribution in [2.24, 2.45) is 5.73 Å². The molecule has 2 aliphatic heterocycles. The minimum absolute atomic E-state index is 0.261.